The summed E-state index contributed by atoms with van der Waals surface area (Å²) in [6.07, 6.45) is 5.63. The van der Waals surface area contributed by atoms with E-state index in [1.807, 2.05) is 23.9 Å². The molecule has 3 heterocycles. The quantitative estimate of drug-likeness (QED) is 0.751. The van der Waals surface area contributed by atoms with Crippen molar-refractivity contribution in [1.29, 1.82) is 0 Å². The summed E-state index contributed by atoms with van der Waals surface area (Å²) >= 11 is 5.46. The number of nitrogens with zero attached hydrogens (tertiary/aromatic N) is 4. The Kier molecular flexibility index (Phi) is 3.40. The van der Waals surface area contributed by atoms with Crippen LogP contribution in [0.2, 0.25) is 0 Å². The van der Waals surface area contributed by atoms with Gasteiger partial charge in [-0.1, -0.05) is 13.3 Å². The highest BCUT2D eigenvalue weighted by molar-refractivity contribution is 7.71. The lowest BCUT2D eigenvalue weighted by Crippen LogP contribution is -2.04. The summed E-state index contributed by atoms with van der Waals surface area (Å²) in [6, 6.07) is 4.01. The maximum absolute atomic E-state index is 5.46. The van der Waals surface area contributed by atoms with Crippen molar-refractivity contribution in [3.05, 3.63) is 40.6 Å². The molecule has 0 aliphatic carbocycles. The van der Waals surface area contributed by atoms with Gasteiger partial charge in [0, 0.05) is 19.4 Å². The average Bonchev–Trinajstić information content (AvgIpc) is 2.91. The molecular weight excluding hydrogens is 270 g/mol. The second kappa shape index (κ2) is 5.20. The van der Waals surface area contributed by atoms with Gasteiger partial charge in [0.25, 0.3) is 0 Å². The fraction of sp³-hybridized carbons (Fsp3) is 0.357. The van der Waals surface area contributed by atoms with Gasteiger partial charge < -0.3 is 4.98 Å². The molecule has 3 rings (SSSR count). The Morgan fingerprint density at radius 3 is 2.75 bits per heavy atom. The molecule has 0 amide bonds. The van der Waals surface area contributed by atoms with E-state index in [9.17, 15) is 0 Å². The monoisotopic (exact) mass is 287 g/mol. The fourth-order valence-corrected chi connectivity index (χ4v) is 2.76. The van der Waals surface area contributed by atoms with E-state index in [-0.39, 0.29) is 0 Å². The van der Waals surface area contributed by atoms with Crippen LogP contribution in [0.15, 0.2) is 24.5 Å². The summed E-state index contributed by atoms with van der Waals surface area (Å²) < 4.78 is 4.74. The van der Waals surface area contributed by atoms with Gasteiger partial charge in [-0.2, -0.15) is 5.10 Å². The van der Waals surface area contributed by atoms with Crippen molar-refractivity contribution in [2.45, 2.75) is 26.3 Å². The van der Waals surface area contributed by atoms with Gasteiger partial charge in [-0.05, 0) is 36.3 Å². The molecule has 0 unspecified atom stereocenters. The van der Waals surface area contributed by atoms with E-state index >= 15 is 0 Å². The van der Waals surface area contributed by atoms with Crippen molar-refractivity contribution in [2.75, 3.05) is 0 Å². The second-order valence-corrected chi connectivity index (χ2v) is 5.28. The molecule has 5 nitrogen and oxygen atoms in total. The Balaban J connectivity index is 2.11. The highest BCUT2D eigenvalue weighted by Crippen LogP contribution is 2.20. The van der Waals surface area contributed by atoms with E-state index in [1.165, 1.54) is 5.56 Å². The third-order valence-corrected chi connectivity index (χ3v) is 3.72. The van der Waals surface area contributed by atoms with Gasteiger partial charge in [0.15, 0.2) is 10.4 Å². The lowest BCUT2D eigenvalue weighted by atomic mass is 10.2. The number of aromatic amines is 1. The molecule has 1 N–H and O–H groups in total. The molecule has 20 heavy (non-hydrogen) atoms. The standard InChI is InChI=1S/C14H17N5S/c1-3-4-11-12-13(18(2)17-11)19(14(20)16-12)9-10-5-7-15-8-6-10/h5-8H,3-4,9H2,1-2H3,(H,16,20). The van der Waals surface area contributed by atoms with Crippen LogP contribution in [0.25, 0.3) is 11.2 Å². The molecule has 0 atom stereocenters. The van der Waals surface area contributed by atoms with Crippen LogP contribution in [0.1, 0.15) is 24.6 Å². The summed E-state index contributed by atoms with van der Waals surface area (Å²) in [5, 5.41) is 4.59. The molecule has 0 spiro atoms. The zero-order valence-corrected chi connectivity index (χ0v) is 12.4. The Hall–Kier alpha value is -1.95. The van der Waals surface area contributed by atoms with E-state index in [1.54, 1.807) is 12.4 Å². The first kappa shape index (κ1) is 13.1. The number of rotatable bonds is 4. The van der Waals surface area contributed by atoms with Crippen molar-refractivity contribution in [2.24, 2.45) is 7.05 Å². The molecule has 0 aliphatic rings. The molecule has 0 fully saturated rings. The minimum absolute atomic E-state index is 0.729. The zero-order valence-electron chi connectivity index (χ0n) is 11.6. The lowest BCUT2D eigenvalue weighted by Gasteiger charge is -2.04. The first-order chi connectivity index (χ1) is 9.70. The maximum atomic E-state index is 5.46. The molecule has 6 heteroatoms. The molecular formula is C14H17N5S. The van der Waals surface area contributed by atoms with Crippen LogP contribution in [0.3, 0.4) is 0 Å². The van der Waals surface area contributed by atoms with Crippen LogP contribution in [-0.2, 0) is 20.0 Å². The molecule has 104 valence electrons. The van der Waals surface area contributed by atoms with Gasteiger partial charge in [-0.25, -0.2) is 0 Å². The number of H-pyrrole nitrogens is 1. The lowest BCUT2D eigenvalue weighted by molar-refractivity contribution is 0.702. The highest BCUT2D eigenvalue weighted by atomic mass is 32.1. The van der Waals surface area contributed by atoms with Crippen LogP contribution < -0.4 is 0 Å². The van der Waals surface area contributed by atoms with Crippen LogP contribution >= 0.6 is 12.2 Å². The van der Waals surface area contributed by atoms with E-state index in [0.29, 0.717) is 0 Å². The van der Waals surface area contributed by atoms with Crippen molar-refractivity contribution >= 4 is 23.4 Å². The second-order valence-electron chi connectivity index (χ2n) is 4.89. The first-order valence-corrected chi connectivity index (χ1v) is 7.14. The van der Waals surface area contributed by atoms with Crippen molar-refractivity contribution in [3.63, 3.8) is 0 Å². The summed E-state index contributed by atoms with van der Waals surface area (Å²) in [6.45, 7) is 2.88. The molecule has 0 saturated carbocycles. The number of aryl methyl sites for hydroxylation is 2. The molecule has 0 aliphatic heterocycles. The number of nitrogens with one attached hydrogen (secondary N) is 1. The number of aromatic nitrogens is 5. The number of fused-ring (bicyclic) bond motifs is 1. The zero-order chi connectivity index (χ0) is 14.1. The van der Waals surface area contributed by atoms with Gasteiger partial charge >= 0.3 is 0 Å². The Bertz CT molecular complexity index is 781. The van der Waals surface area contributed by atoms with E-state index in [0.717, 1.165) is 41.0 Å². The normalized spacial score (nSPS) is 11.3. The predicted octanol–water partition coefficient (Wildman–Crippen LogP) is 2.83. The largest absolute Gasteiger partial charge is 0.328 e. The third kappa shape index (κ3) is 2.16. The Labute approximate surface area is 122 Å². The van der Waals surface area contributed by atoms with Crippen molar-refractivity contribution in [1.82, 2.24) is 24.3 Å². The summed E-state index contributed by atoms with van der Waals surface area (Å²) in [7, 11) is 1.97. The third-order valence-electron chi connectivity index (χ3n) is 3.40. The predicted molar refractivity (Wildman–Crippen MR) is 81.2 cm³/mol. The Morgan fingerprint density at radius 2 is 2.05 bits per heavy atom. The maximum Gasteiger partial charge on any atom is 0.179 e. The molecule has 3 aromatic rings. The van der Waals surface area contributed by atoms with Gasteiger partial charge in [0.1, 0.15) is 5.52 Å². The molecule has 0 radical (unpaired) electrons. The van der Waals surface area contributed by atoms with Gasteiger partial charge in [0.2, 0.25) is 0 Å². The first-order valence-electron chi connectivity index (χ1n) is 6.74. The smallest absolute Gasteiger partial charge is 0.179 e. The van der Waals surface area contributed by atoms with E-state index < -0.39 is 0 Å². The van der Waals surface area contributed by atoms with Crippen molar-refractivity contribution in [3.8, 4) is 0 Å². The van der Waals surface area contributed by atoms with E-state index in [4.69, 9.17) is 12.2 Å². The molecule has 3 aromatic heterocycles. The highest BCUT2D eigenvalue weighted by Gasteiger charge is 2.14. The summed E-state index contributed by atoms with van der Waals surface area (Å²) in [5.41, 5.74) is 4.38. The van der Waals surface area contributed by atoms with Crippen LogP contribution in [-0.4, -0.2) is 24.3 Å². The molecule has 0 saturated heterocycles. The minimum atomic E-state index is 0.729. The SMILES string of the molecule is CCCc1nn(C)c2c1[nH]c(=S)n2Cc1ccncc1. The Morgan fingerprint density at radius 1 is 1.30 bits per heavy atom. The number of imidazole rings is 1. The summed E-state index contributed by atoms with van der Waals surface area (Å²) in [5.74, 6) is 0. The van der Waals surface area contributed by atoms with Gasteiger partial charge in [-0.3, -0.25) is 14.2 Å². The average molecular weight is 287 g/mol. The van der Waals surface area contributed by atoms with Gasteiger partial charge in [-0.15, -0.1) is 0 Å². The van der Waals surface area contributed by atoms with Gasteiger partial charge in [0.05, 0.1) is 12.2 Å². The van der Waals surface area contributed by atoms with E-state index in [2.05, 4.69) is 26.6 Å². The van der Waals surface area contributed by atoms with Crippen LogP contribution in [0.5, 0.6) is 0 Å². The molecule has 0 bridgehead atoms. The van der Waals surface area contributed by atoms with Crippen molar-refractivity contribution < 1.29 is 0 Å². The topological polar surface area (TPSA) is 51.4 Å². The number of pyridine rings is 1. The minimum Gasteiger partial charge on any atom is -0.328 e. The summed E-state index contributed by atoms with van der Waals surface area (Å²) in [4.78, 5) is 7.35. The number of hydrogen-bond acceptors (Lipinski definition) is 3. The molecule has 0 aromatic carbocycles. The van der Waals surface area contributed by atoms with Crippen LogP contribution in [0.4, 0.5) is 0 Å². The van der Waals surface area contributed by atoms with Crippen LogP contribution in [0, 0.1) is 4.77 Å². The number of hydrogen-bond donors (Lipinski definition) is 1. The fourth-order valence-electron chi connectivity index (χ4n) is 2.51.